The van der Waals surface area contributed by atoms with Gasteiger partial charge in [0.25, 0.3) is 5.91 Å². The fourth-order valence-corrected chi connectivity index (χ4v) is 2.80. The monoisotopic (exact) mass is 343 g/mol. The first-order chi connectivity index (χ1) is 10.8. The van der Waals surface area contributed by atoms with Crippen molar-refractivity contribution >= 4 is 21.7 Å². The van der Waals surface area contributed by atoms with Crippen molar-refractivity contribution in [3.05, 3.63) is 23.7 Å². The van der Waals surface area contributed by atoms with E-state index in [1.165, 1.54) is 12.5 Å². The Hall–Kier alpha value is -1.87. The predicted molar refractivity (Wildman–Crippen MR) is 84.5 cm³/mol. The van der Waals surface area contributed by atoms with Crippen molar-refractivity contribution in [2.24, 2.45) is 4.36 Å². The first kappa shape index (κ1) is 17.5. The van der Waals surface area contributed by atoms with Gasteiger partial charge in [0.15, 0.2) is 0 Å². The maximum atomic E-state index is 12.3. The van der Waals surface area contributed by atoms with Gasteiger partial charge in [0.2, 0.25) is 0 Å². The Labute approximate surface area is 135 Å². The molecule has 0 saturated carbocycles. The molecule has 0 bridgehead atoms. The van der Waals surface area contributed by atoms with Crippen LogP contribution in [-0.4, -0.2) is 59.9 Å². The Morgan fingerprint density at radius 1 is 1.43 bits per heavy atom. The Morgan fingerprint density at radius 2 is 2.17 bits per heavy atom. The number of nitrogens with zero attached hydrogens (tertiary/aromatic N) is 2. The van der Waals surface area contributed by atoms with Gasteiger partial charge in [-0.2, -0.15) is 4.36 Å². The van der Waals surface area contributed by atoms with E-state index in [0.29, 0.717) is 25.5 Å². The van der Waals surface area contributed by atoms with Crippen LogP contribution < -0.4 is 5.32 Å². The standard InChI is InChI=1S/C14H21N3O5S/c1-10-4-5-12(22-10)11-9-21-7-6-17(11)14(19)15-8-13(18)16-23(2,3)20/h4-5,11H,6-9H2,1-3H3,(H,15,19). The lowest BCUT2D eigenvalue weighted by atomic mass is 10.2. The van der Waals surface area contributed by atoms with E-state index in [1.54, 1.807) is 11.0 Å². The van der Waals surface area contributed by atoms with Gasteiger partial charge in [-0.25, -0.2) is 9.00 Å². The maximum Gasteiger partial charge on any atom is 0.318 e. The minimum absolute atomic E-state index is 0.293. The minimum Gasteiger partial charge on any atom is -0.464 e. The number of amides is 3. The summed E-state index contributed by atoms with van der Waals surface area (Å²) in [5, 5.41) is 2.50. The molecule has 1 aliphatic rings. The molecule has 2 rings (SSSR count). The summed E-state index contributed by atoms with van der Waals surface area (Å²) < 4.78 is 25.9. The lowest BCUT2D eigenvalue weighted by molar-refractivity contribution is -0.116. The number of morpholine rings is 1. The molecule has 1 aromatic heterocycles. The molecular weight excluding hydrogens is 322 g/mol. The second-order valence-corrected chi connectivity index (χ2v) is 8.10. The van der Waals surface area contributed by atoms with E-state index in [4.69, 9.17) is 9.15 Å². The van der Waals surface area contributed by atoms with Gasteiger partial charge in [-0.1, -0.05) is 0 Å². The summed E-state index contributed by atoms with van der Waals surface area (Å²) in [6, 6.07) is 2.88. The Bertz CT molecular complexity index is 697. The molecule has 1 fully saturated rings. The van der Waals surface area contributed by atoms with Gasteiger partial charge in [0.05, 0.1) is 13.2 Å². The smallest absolute Gasteiger partial charge is 0.318 e. The fourth-order valence-electron chi connectivity index (χ4n) is 2.25. The predicted octanol–water partition coefficient (Wildman–Crippen LogP) is 0.925. The van der Waals surface area contributed by atoms with Gasteiger partial charge in [-0.3, -0.25) is 4.79 Å². The zero-order chi connectivity index (χ0) is 17.0. The van der Waals surface area contributed by atoms with Gasteiger partial charge in [-0.15, -0.1) is 0 Å². The van der Waals surface area contributed by atoms with Crippen LogP contribution in [0.4, 0.5) is 4.79 Å². The molecule has 9 heteroatoms. The van der Waals surface area contributed by atoms with Crippen LogP contribution in [0.3, 0.4) is 0 Å². The van der Waals surface area contributed by atoms with Gasteiger partial charge in [-0.05, 0) is 19.1 Å². The third-order valence-electron chi connectivity index (χ3n) is 3.19. The highest BCUT2D eigenvalue weighted by molar-refractivity contribution is 7.92. The average Bonchev–Trinajstić information content (AvgIpc) is 2.89. The van der Waals surface area contributed by atoms with Crippen LogP contribution in [0.1, 0.15) is 17.6 Å². The first-order valence-electron chi connectivity index (χ1n) is 7.15. The van der Waals surface area contributed by atoms with Crippen LogP contribution in [0.5, 0.6) is 0 Å². The molecule has 128 valence electrons. The van der Waals surface area contributed by atoms with E-state index in [1.807, 2.05) is 13.0 Å². The van der Waals surface area contributed by atoms with Gasteiger partial charge in [0, 0.05) is 28.8 Å². The number of carbonyl (C=O) groups excluding carboxylic acids is 2. The van der Waals surface area contributed by atoms with E-state index in [-0.39, 0.29) is 12.6 Å². The highest BCUT2D eigenvalue weighted by Crippen LogP contribution is 2.25. The molecule has 3 amide bonds. The number of ether oxygens (including phenoxy) is 1. The molecule has 1 atom stereocenters. The van der Waals surface area contributed by atoms with Crippen molar-refractivity contribution in [2.45, 2.75) is 13.0 Å². The lowest BCUT2D eigenvalue weighted by Gasteiger charge is -2.34. The summed E-state index contributed by atoms with van der Waals surface area (Å²) in [5.74, 6) is 0.770. The Kier molecular flexibility index (Phi) is 5.42. The van der Waals surface area contributed by atoms with Crippen LogP contribution in [0.25, 0.3) is 0 Å². The topological polar surface area (TPSA) is 101 Å². The van der Waals surface area contributed by atoms with Crippen molar-refractivity contribution in [3.63, 3.8) is 0 Å². The number of aryl methyl sites for hydroxylation is 1. The van der Waals surface area contributed by atoms with Crippen molar-refractivity contribution < 1.29 is 23.0 Å². The summed E-state index contributed by atoms with van der Waals surface area (Å²) in [5.41, 5.74) is 0. The molecule has 1 saturated heterocycles. The molecule has 23 heavy (non-hydrogen) atoms. The molecule has 0 radical (unpaired) electrons. The lowest BCUT2D eigenvalue weighted by Crippen LogP contribution is -2.48. The van der Waals surface area contributed by atoms with Crippen molar-refractivity contribution in [1.82, 2.24) is 10.2 Å². The molecule has 0 spiro atoms. The van der Waals surface area contributed by atoms with Gasteiger partial charge < -0.3 is 19.4 Å². The first-order valence-corrected chi connectivity index (χ1v) is 9.48. The number of hydrogen-bond donors (Lipinski definition) is 1. The SMILES string of the molecule is Cc1ccc(C2COCCN2C(=O)NCC(=O)N=S(C)(C)=O)o1. The summed E-state index contributed by atoms with van der Waals surface area (Å²) >= 11 is 0. The van der Waals surface area contributed by atoms with Crippen LogP contribution >= 0.6 is 0 Å². The van der Waals surface area contributed by atoms with E-state index < -0.39 is 21.7 Å². The number of hydrogen-bond acceptors (Lipinski definition) is 5. The molecular formula is C14H21N3O5S. The van der Waals surface area contributed by atoms with Crippen molar-refractivity contribution in [1.29, 1.82) is 0 Å². The molecule has 2 heterocycles. The fraction of sp³-hybridized carbons (Fsp3) is 0.571. The van der Waals surface area contributed by atoms with Crippen LogP contribution in [0, 0.1) is 6.92 Å². The molecule has 1 aliphatic heterocycles. The largest absolute Gasteiger partial charge is 0.464 e. The molecule has 0 aromatic carbocycles. The highest BCUT2D eigenvalue weighted by atomic mass is 32.2. The summed E-state index contributed by atoms with van der Waals surface area (Å²) in [6.07, 6.45) is 2.73. The van der Waals surface area contributed by atoms with E-state index in [2.05, 4.69) is 9.68 Å². The zero-order valence-corrected chi connectivity index (χ0v) is 14.2. The van der Waals surface area contributed by atoms with E-state index >= 15 is 0 Å². The number of nitrogens with one attached hydrogen (secondary N) is 1. The molecule has 1 unspecified atom stereocenters. The Balaban J connectivity index is 2.01. The second-order valence-electron chi connectivity index (χ2n) is 5.56. The third kappa shape index (κ3) is 5.07. The van der Waals surface area contributed by atoms with Crippen molar-refractivity contribution in [3.8, 4) is 0 Å². The summed E-state index contributed by atoms with van der Waals surface area (Å²) in [7, 11) is -2.52. The molecule has 8 nitrogen and oxygen atoms in total. The zero-order valence-electron chi connectivity index (χ0n) is 13.4. The second kappa shape index (κ2) is 7.14. The Morgan fingerprint density at radius 3 is 2.78 bits per heavy atom. The van der Waals surface area contributed by atoms with Crippen LogP contribution in [-0.2, 0) is 19.3 Å². The van der Waals surface area contributed by atoms with Crippen molar-refractivity contribution in [2.75, 3.05) is 38.8 Å². The highest BCUT2D eigenvalue weighted by Gasteiger charge is 2.30. The molecule has 1 N–H and O–H groups in total. The summed E-state index contributed by atoms with van der Waals surface area (Å²) in [6.45, 7) is 2.67. The maximum absolute atomic E-state index is 12.3. The number of furan rings is 1. The van der Waals surface area contributed by atoms with Gasteiger partial charge >= 0.3 is 6.03 Å². The average molecular weight is 343 g/mol. The minimum atomic E-state index is -2.52. The summed E-state index contributed by atoms with van der Waals surface area (Å²) in [4.78, 5) is 25.4. The quantitative estimate of drug-likeness (QED) is 0.879. The normalized spacial score (nSPS) is 18.6. The van der Waals surface area contributed by atoms with E-state index in [9.17, 15) is 13.8 Å². The number of carbonyl (C=O) groups is 2. The number of urea groups is 1. The van der Waals surface area contributed by atoms with Crippen LogP contribution in [0.2, 0.25) is 0 Å². The van der Waals surface area contributed by atoms with Gasteiger partial charge in [0.1, 0.15) is 24.1 Å². The molecule has 1 aromatic rings. The number of rotatable bonds is 3. The van der Waals surface area contributed by atoms with E-state index in [0.717, 1.165) is 5.76 Å². The van der Waals surface area contributed by atoms with Crippen LogP contribution in [0.15, 0.2) is 20.9 Å². The molecule has 0 aliphatic carbocycles. The third-order valence-corrected chi connectivity index (χ3v) is 3.83.